The number of nitrogens with zero attached hydrogens (tertiary/aromatic N) is 10. The van der Waals surface area contributed by atoms with Crippen molar-refractivity contribution in [3.8, 4) is 0 Å². The van der Waals surface area contributed by atoms with E-state index in [1.54, 1.807) is 35.7 Å². The predicted octanol–water partition coefficient (Wildman–Crippen LogP) is 9.73. The highest BCUT2D eigenvalue weighted by Crippen LogP contribution is 2.37. The van der Waals surface area contributed by atoms with Gasteiger partial charge in [-0.25, -0.2) is 29.9 Å². The highest BCUT2D eigenvalue weighted by molar-refractivity contribution is 8.18. The molecule has 20 nitrogen and oxygen atoms in total. The number of rotatable bonds is 24. The van der Waals surface area contributed by atoms with Crippen LogP contribution in [-0.2, 0) is 19.1 Å². The number of para-hydroxylation sites is 2. The molecule has 26 heteroatoms. The molecule has 0 atom stereocenters. The minimum atomic E-state index is -0.295. The Morgan fingerprint density at radius 3 is 1.41 bits per heavy atom. The lowest BCUT2D eigenvalue weighted by molar-refractivity contribution is -0.144. The fourth-order valence-corrected chi connectivity index (χ4v) is 12.8. The summed E-state index contributed by atoms with van der Waals surface area (Å²) in [5.41, 5.74) is 2.88. The first-order valence-electron chi connectivity index (χ1n) is 25.8. The van der Waals surface area contributed by atoms with E-state index in [1.165, 1.54) is 35.1 Å². The summed E-state index contributed by atoms with van der Waals surface area (Å²) in [5.74, 6) is 4.16. The molecule has 0 saturated carbocycles. The van der Waals surface area contributed by atoms with Crippen molar-refractivity contribution < 1.29 is 28.7 Å². The number of thiazole rings is 2. The topological polar surface area (TPSA) is 225 Å². The fraction of sp³-hybridized carbons (Fsp3) is 0.434. The zero-order valence-electron chi connectivity index (χ0n) is 44.9. The Labute approximate surface area is 486 Å². The first-order chi connectivity index (χ1) is 37.9. The van der Waals surface area contributed by atoms with Gasteiger partial charge in [0.1, 0.15) is 57.9 Å². The normalized spacial score (nSPS) is 14.2. The zero-order valence-corrected chi connectivity index (χ0v) is 49.7. The van der Waals surface area contributed by atoms with Crippen LogP contribution in [0.4, 0.5) is 44.9 Å². The largest absolute Gasteiger partial charge is 0.464 e. The summed E-state index contributed by atoms with van der Waals surface area (Å²) < 4.78 is 11.0. The number of hydrogen-bond acceptors (Lipinski definition) is 22. The number of anilines is 8. The van der Waals surface area contributed by atoms with Crippen molar-refractivity contribution in [2.45, 2.75) is 58.5 Å². The Hall–Kier alpha value is -5.86. The van der Waals surface area contributed by atoms with Crippen LogP contribution in [0.1, 0.15) is 68.8 Å². The van der Waals surface area contributed by atoms with E-state index in [9.17, 15) is 19.2 Å². The number of hydrogen-bond donors (Lipinski definition) is 4. The zero-order chi connectivity index (χ0) is 56.1. The van der Waals surface area contributed by atoms with Crippen LogP contribution in [0.5, 0.6) is 0 Å². The van der Waals surface area contributed by atoms with E-state index in [1.807, 2.05) is 64.1 Å². The number of esters is 2. The van der Waals surface area contributed by atoms with Gasteiger partial charge >= 0.3 is 11.9 Å². The fourth-order valence-electron chi connectivity index (χ4n) is 8.50. The number of aromatic nitrogens is 6. The number of amides is 2. The summed E-state index contributed by atoms with van der Waals surface area (Å²) in [6, 6.07) is 14.7. The van der Waals surface area contributed by atoms with Crippen LogP contribution in [0.2, 0.25) is 10.0 Å². The Morgan fingerprint density at radius 2 is 1.01 bits per heavy atom. The van der Waals surface area contributed by atoms with Gasteiger partial charge in [-0.2, -0.15) is 0 Å². The first-order valence-corrected chi connectivity index (χ1v) is 30.1. The number of ether oxygens (including phenoxy) is 2. The molecule has 8 rings (SSSR count). The molecule has 0 spiro atoms. The highest BCUT2D eigenvalue weighted by Gasteiger charge is 2.24. The summed E-state index contributed by atoms with van der Waals surface area (Å²) in [6.45, 7) is 19.7. The molecule has 0 bridgehead atoms. The lowest BCUT2D eigenvalue weighted by Gasteiger charge is -2.35. The SMILES string of the molecule is Cc1nc(Nc2ncc(C(=O)Nc3c(C)cccc3Cl)s2)cc(N2CCN(CCOC(=O)CCSC(C)(C)SCCC(=O)OCCN3CCN(c4cc(Nc5ncc(C(=O)Nc6c(C)cccc6Cl)s5)nc(C)n4)CC3)CC2)n1. The van der Waals surface area contributed by atoms with Crippen molar-refractivity contribution in [1.82, 2.24) is 39.7 Å². The molecule has 2 amide bonds. The van der Waals surface area contributed by atoms with E-state index in [0.717, 1.165) is 75.1 Å². The smallest absolute Gasteiger partial charge is 0.306 e. The maximum Gasteiger partial charge on any atom is 0.306 e. The van der Waals surface area contributed by atoms with E-state index < -0.39 is 0 Å². The molecule has 420 valence electrons. The molecule has 79 heavy (non-hydrogen) atoms. The molecular formula is C53H64Cl2N14O6S4. The second kappa shape index (κ2) is 28.0. The van der Waals surface area contributed by atoms with Crippen LogP contribution in [0, 0.1) is 27.7 Å². The van der Waals surface area contributed by atoms with Crippen LogP contribution in [0.25, 0.3) is 0 Å². The third kappa shape index (κ3) is 17.6. The minimum absolute atomic E-state index is 0.196. The van der Waals surface area contributed by atoms with Gasteiger partial charge in [0, 0.05) is 89.1 Å². The highest BCUT2D eigenvalue weighted by atomic mass is 35.5. The first kappa shape index (κ1) is 59.3. The van der Waals surface area contributed by atoms with E-state index in [0.29, 0.717) is 115 Å². The Kier molecular flexibility index (Phi) is 21.0. The third-order valence-corrected chi connectivity index (χ3v) is 18.1. The summed E-state index contributed by atoms with van der Waals surface area (Å²) in [6.07, 6.45) is 3.66. The van der Waals surface area contributed by atoms with Crippen molar-refractivity contribution in [2.75, 3.05) is 121 Å². The molecule has 2 aromatic carbocycles. The molecule has 2 saturated heterocycles. The molecule has 0 radical (unpaired) electrons. The van der Waals surface area contributed by atoms with Gasteiger partial charge in [-0.05, 0) is 64.8 Å². The third-order valence-electron chi connectivity index (χ3n) is 12.7. The van der Waals surface area contributed by atoms with Gasteiger partial charge in [0.25, 0.3) is 11.8 Å². The molecule has 0 aliphatic carbocycles. The van der Waals surface area contributed by atoms with Crippen LogP contribution in [0.3, 0.4) is 0 Å². The monoisotopic (exact) mass is 1190 g/mol. The number of nitrogens with one attached hydrogen (secondary N) is 4. The van der Waals surface area contributed by atoms with Crippen molar-refractivity contribution >= 4 is 138 Å². The van der Waals surface area contributed by atoms with E-state index >= 15 is 0 Å². The summed E-state index contributed by atoms with van der Waals surface area (Å²) in [7, 11) is 0. The van der Waals surface area contributed by atoms with E-state index in [2.05, 4.69) is 84.6 Å². The van der Waals surface area contributed by atoms with Crippen molar-refractivity contribution in [1.29, 1.82) is 0 Å². The van der Waals surface area contributed by atoms with Crippen molar-refractivity contribution in [2.24, 2.45) is 0 Å². The van der Waals surface area contributed by atoms with E-state index in [4.69, 9.17) is 32.7 Å². The van der Waals surface area contributed by atoms with Gasteiger partial charge in [0.2, 0.25) is 0 Å². The maximum absolute atomic E-state index is 13.0. The summed E-state index contributed by atoms with van der Waals surface area (Å²) in [4.78, 5) is 88.4. The molecule has 2 aliphatic heterocycles. The standard InChI is InChI=1S/C53H64Cl2N14O6S4/c1-33-9-7-11-37(54)47(33)64-49(72)39-31-56-51(78-39)62-41-29-43(60-35(3)58-41)68-19-15-66(16-20-68)23-25-74-45(70)13-27-76-53(5,6)77-28-14-46(71)75-26-24-67-17-21-69(22-18-67)44-30-42(59-36(4)61-44)63-52-57-32-40(79-52)50(73)65-48-34(2)10-8-12-38(48)55/h7-12,29-32H,13-28H2,1-6H3,(H,64,72)(H,65,73)(H,56,58,60,62)(H,57,59,61,63). The average molecular weight is 1190 g/mol. The molecule has 6 aromatic rings. The molecular weight excluding hydrogens is 1130 g/mol. The van der Waals surface area contributed by atoms with Gasteiger partial charge in [-0.1, -0.05) is 70.1 Å². The molecule has 4 N–H and O–H groups in total. The van der Waals surface area contributed by atoms with Gasteiger partial charge in [-0.3, -0.25) is 29.0 Å². The van der Waals surface area contributed by atoms with Crippen LogP contribution in [0.15, 0.2) is 60.9 Å². The number of benzene rings is 2. The molecule has 0 unspecified atom stereocenters. The number of aryl methyl sites for hydroxylation is 4. The lowest BCUT2D eigenvalue weighted by atomic mass is 10.2. The molecule has 4 aromatic heterocycles. The number of halogens is 2. The number of piperazine rings is 2. The predicted molar refractivity (Wildman–Crippen MR) is 320 cm³/mol. The van der Waals surface area contributed by atoms with Crippen molar-refractivity contribution in [3.63, 3.8) is 0 Å². The van der Waals surface area contributed by atoms with Gasteiger partial charge in [-0.15, -0.1) is 23.5 Å². The summed E-state index contributed by atoms with van der Waals surface area (Å²) in [5, 5.41) is 14.2. The Morgan fingerprint density at radius 1 is 0.608 bits per heavy atom. The molecule has 2 aliphatic rings. The van der Waals surface area contributed by atoms with Crippen molar-refractivity contribution in [3.05, 3.63) is 103 Å². The van der Waals surface area contributed by atoms with E-state index in [-0.39, 0.29) is 27.8 Å². The molecule has 6 heterocycles. The number of carbonyl (C=O) groups excluding carboxylic acids is 4. The van der Waals surface area contributed by atoms with Crippen LogP contribution in [-0.4, -0.2) is 158 Å². The minimum Gasteiger partial charge on any atom is -0.464 e. The van der Waals surface area contributed by atoms with Crippen LogP contribution >= 0.6 is 69.4 Å². The second-order valence-corrected chi connectivity index (χ2v) is 25.7. The number of carbonyl (C=O) groups is 4. The second-order valence-electron chi connectivity index (χ2n) is 19.1. The van der Waals surface area contributed by atoms with Crippen LogP contribution < -0.4 is 31.1 Å². The van der Waals surface area contributed by atoms with Gasteiger partial charge in [0.15, 0.2) is 10.3 Å². The molecule has 2 fully saturated rings. The van der Waals surface area contributed by atoms with Gasteiger partial charge in [0.05, 0.1) is 50.7 Å². The Balaban J connectivity index is 0.653. The summed E-state index contributed by atoms with van der Waals surface area (Å²) >= 11 is 18.4. The number of thioether (sulfide) groups is 2. The van der Waals surface area contributed by atoms with Gasteiger partial charge < -0.3 is 40.5 Å². The Bertz CT molecular complexity index is 2860. The lowest BCUT2D eigenvalue weighted by Crippen LogP contribution is -2.47. The quantitative estimate of drug-likeness (QED) is 0.0327. The maximum atomic E-state index is 13.0. The average Bonchev–Trinajstić information content (AvgIpc) is 4.15.